The van der Waals surface area contributed by atoms with Gasteiger partial charge in [-0.25, -0.2) is 0 Å². The van der Waals surface area contributed by atoms with E-state index in [1.807, 2.05) is 0 Å². The van der Waals surface area contributed by atoms with Crippen LogP contribution in [0.1, 0.15) is 46.5 Å². The molecule has 0 radical (unpaired) electrons. The molecule has 17 nitrogen and oxygen atoms in total. The second-order valence-electron chi connectivity index (χ2n) is 12.6. The summed E-state index contributed by atoms with van der Waals surface area (Å²) >= 11 is 0. The summed E-state index contributed by atoms with van der Waals surface area (Å²) in [5.74, 6) is -1.45. The van der Waals surface area contributed by atoms with E-state index in [0.717, 1.165) is 0 Å². The van der Waals surface area contributed by atoms with E-state index >= 15 is 0 Å². The second-order valence-corrected chi connectivity index (χ2v) is 12.6. The maximum atomic E-state index is 12.9. The molecule has 1 saturated carbocycles. The zero-order chi connectivity index (χ0) is 32.9. The highest BCUT2D eigenvalue weighted by Crippen LogP contribution is 2.34. The largest absolute Gasteiger partial charge is 0.390 e. The molecule has 1 amide bonds. The number of amidine groups is 1. The van der Waals surface area contributed by atoms with Crippen LogP contribution in [0.2, 0.25) is 0 Å². The van der Waals surface area contributed by atoms with Crippen molar-refractivity contribution < 1.29 is 49.3 Å². The molecule has 1 aliphatic carbocycles. The molecule has 0 aromatic rings. The van der Waals surface area contributed by atoms with E-state index in [1.165, 1.54) is 6.92 Å². The molecular formula is C27H53N7O10. The van der Waals surface area contributed by atoms with Crippen LogP contribution in [0.5, 0.6) is 0 Å². The molecule has 0 bridgehead atoms. The Kier molecular flexibility index (Phi) is 13.3. The van der Waals surface area contributed by atoms with Crippen molar-refractivity contribution in [3.05, 3.63) is 0 Å². The average Bonchev–Trinajstić information content (AvgIpc) is 2.96. The first-order valence-electron chi connectivity index (χ1n) is 15.2. The minimum atomic E-state index is -1.81. The third-order valence-electron chi connectivity index (χ3n) is 8.81. The maximum absolute atomic E-state index is 12.9. The molecule has 17 heteroatoms. The molecular weight excluding hydrogens is 582 g/mol. The first kappa shape index (κ1) is 36.9. The predicted molar refractivity (Wildman–Crippen MR) is 157 cm³/mol. The van der Waals surface area contributed by atoms with Crippen molar-refractivity contribution in [3.63, 3.8) is 0 Å². The quantitative estimate of drug-likeness (QED) is 0.0708. The summed E-state index contributed by atoms with van der Waals surface area (Å²) in [4.78, 5) is 12.9. The summed E-state index contributed by atoms with van der Waals surface area (Å²) in [5.41, 5.74) is 22.6. The van der Waals surface area contributed by atoms with Crippen LogP contribution in [0.25, 0.3) is 0 Å². The number of hydrogen-bond acceptors (Lipinski definition) is 15. The van der Waals surface area contributed by atoms with Gasteiger partial charge in [0.15, 0.2) is 18.7 Å². The van der Waals surface area contributed by atoms with Crippen LogP contribution >= 0.6 is 0 Å². The molecule has 3 rings (SSSR count). The van der Waals surface area contributed by atoms with Crippen LogP contribution in [-0.2, 0) is 23.7 Å². The van der Waals surface area contributed by atoms with Gasteiger partial charge >= 0.3 is 0 Å². The molecule has 2 aliphatic heterocycles. The number of carbonyl (C=O) groups is 1. The van der Waals surface area contributed by atoms with Gasteiger partial charge in [-0.3, -0.25) is 10.2 Å². The molecule has 256 valence electrons. The van der Waals surface area contributed by atoms with Crippen molar-refractivity contribution in [1.29, 1.82) is 5.41 Å². The molecule has 3 fully saturated rings. The fourth-order valence-electron chi connectivity index (χ4n) is 5.56. The average molecular weight is 636 g/mol. The number of carbonyl (C=O) groups excluding carboxylic acids is 1. The summed E-state index contributed by atoms with van der Waals surface area (Å²) in [7, 11) is 0. The first-order chi connectivity index (χ1) is 20.6. The Morgan fingerprint density at radius 3 is 2.41 bits per heavy atom. The maximum Gasteiger partial charge on any atom is 0.251 e. The van der Waals surface area contributed by atoms with Crippen molar-refractivity contribution in [2.75, 3.05) is 19.7 Å². The number of nitrogens with two attached hydrogens (primary N) is 4. The number of aliphatic hydroxyl groups excluding tert-OH is 4. The Labute approximate surface area is 257 Å². The Bertz CT molecular complexity index is 949. The lowest BCUT2D eigenvalue weighted by Gasteiger charge is -2.48. The predicted octanol–water partition coefficient (Wildman–Crippen LogP) is -4.75. The lowest BCUT2D eigenvalue weighted by Crippen LogP contribution is -2.68. The molecule has 2 saturated heterocycles. The van der Waals surface area contributed by atoms with Crippen LogP contribution < -0.4 is 33.6 Å². The van der Waals surface area contributed by atoms with Crippen molar-refractivity contribution in [3.8, 4) is 0 Å². The first-order valence-corrected chi connectivity index (χ1v) is 15.2. The molecule has 7 unspecified atom stereocenters. The van der Waals surface area contributed by atoms with E-state index in [-0.39, 0.29) is 37.9 Å². The molecule has 0 spiro atoms. The lowest BCUT2D eigenvalue weighted by molar-refractivity contribution is -0.314. The summed E-state index contributed by atoms with van der Waals surface area (Å²) in [6, 6.07) is -2.91. The van der Waals surface area contributed by atoms with E-state index in [4.69, 9.17) is 47.3 Å². The summed E-state index contributed by atoms with van der Waals surface area (Å²) in [6.45, 7) is 4.99. The van der Waals surface area contributed by atoms with E-state index in [1.54, 1.807) is 13.8 Å². The smallest absolute Gasteiger partial charge is 0.251 e. The highest BCUT2D eigenvalue weighted by molar-refractivity contribution is 5.83. The van der Waals surface area contributed by atoms with Crippen LogP contribution in [-0.4, -0.2) is 142 Å². The second kappa shape index (κ2) is 15.8. The van der Waals surface area contributed by atoms with Gasteiger partial charge in [0.05, 0.1) is 42.5 Å². The van der Waals surface area contributed by atoms with Crippen LogP contribution in [0.15, 0.2) is 0 Å². The summed E-state index contributed by atoms with van der Waals surface area (Å²) < 4.78 is 23.9. The topological polar surface area (TPSA) is 307 Å². The number of ether oxygens (including phenoxy) is 4. The minimum absolute atomic E-state index is 0.00752. The Hall–Kier alpha value is -1.58. The van der Waals surface area contributed by atoms with Crippen LogP contribution in [0.4, 0.5) is 0 Å². The minimum Gasteiger partial charge on any atom is -0.390 e. The van der Waals surface area contributed by atoms with Crippen molar-refractivity contribution in [2.45, 2.75) is 132 Å². The molecule has 2 heterocycles. The van der Waals surface area contributed by atoms with Gasteiger partial charge in [-0.2, -0.15) is 0 Å². The van der Waals surface area contributed by atoms with Gasteiger partial charge < -0.3 is 78.0 Å². The van der Waals surface area contributed by atoms with Crippen molar-refractivity contribution in [2.24, 2.45) is 28.9 Å². The molecule has 44 heavy (non-hydrogen) atoms. The standard InChI is InChI=1S/C27H53N7O10/c1-11-18(36)26(41-10-27(11,3)40)44-22-16(34-24(39)19(37)17(35)6-7-28)8-15(31)21(20(22)38)43-25-14(30)5-4-13(42-25)9-33-23(32)12(2)29/h11-22,25-26,35-38,40H,4-10,28-31H2,1-3H3,(H2,32,33)(H,34,39)/t11-,12?,13+,14?,15+,16-,17+,18?,19+,20?,21?,22?,25-,26-,27?/m1/s1. The summed E-state index contributed by atoms with van der Waals surface area (Å²) in [5, 5.41) is 66.8. The molecule has 16 N–H and O–H groups in total. The van der Waals surface area contributed by atoms with Crippen molar-refractivity contribution >= 4 is 11.7 Å². The highest BCUT2D eigenvalue weighted by atomic mass is 16.7. The van der Waals surface area contributed by atoms with Gasteiger partial charge in [-0.15, -0.1) is 0 Å². The van der Waals surface area contributed by atoms with E-state index < -0.39 is 90.8 Å². The molecule has 3 aliphatic rings. The van der Waals surface area contributed by atoms with Gasteiger partial charge in [-0.05, 0) is 46.1 Å². The SMILES string of the molecule is CC(N)C(=N)NC[C@@H]1CCC(N)[C@@H](OC2C(O)C(O[C@H]3OCC(C)(O)[C@H](C)C3O)[C@H](NC(=O)[C@@H](O)[C@@H](O)CCN)C[C@@H]2N)O1. The number of amides is 1. The van der Waals surface area contributed by atoms with E-state index in [2.05, 4.69) is 10.6 Å². The molecule has 15 atom stereocenters. The third kappa shape index (κ3) is 9.03. The van der Waals surface area contributed by atoms with Gasteiger partial charge in [0.1, 0.15) is 30.3 Å². The number of rotatable bonds is 12. The number of hydrogen-bond donors (Lipinski definition) is 12. The van der Waals surface area contributed by atoms with E-state index in [9.17, 15) is 30.3 Å². The van der Waals surface area contributed by atoms with Crippen LogP contribution in [0, 0.1) is 11.3 Å². The number of aliphatic hydroxyl groups is 5. The van der Waals surface area contributed by atoms with Gasteiger partial charge in [-0.1, -0.05) is 6.92 Å². The Balaban J connectivity index is 1.78. The number of nitrogens with one attached hydrogen (secondary N) is 3. The normalized spacial score (nSPS) is 41.8. The highest BCUT2D eigenvalue weighted by Gasteiger charge is 2.51. The lowest BCUT2D eigenvalue weighted by atomic mass is 9.82. The molecule has 0 aromatic carbocycles. The van der Waals surface area contributed by atoms with E-state index in [0.29, 0.717) is 19.4 Å². The van der Waals surface area contributed by atoms with Gasteiger partial charge in [0, 0.05) is 18.5 Å². The monoisotopic (exact) mass is 635 g/mol. The fraction of sp³-hybridized carbons (Fsp3) is 0.926. The van der Waals surface area contributed by atoms with Gasteiger partial charge in [0.25, 0.3) is 5.91 Å². The fourth-order valence-corrected chi connectivity index (χ4v) is 5.56. The Morgan fingerprint density at radius 1 is 1.11 bits per heavy atom. The molecule has 0 aromatic heterocycles. The zero-order valence-corrected chi connectivity index (χ0v) is 25.6. The van der Waals surface area contributed by atoms with Crippen molar-refractivity contribution in [1.82, 2.24) is 10.6 Å². The van der Waals surface area contributed by atoms with Crippen LogP contribution in [0.3, 0.4) is 0 Å². The Morgan fingerprint density at radius 2 is 1.77 bits per heavy atom. The third-order valence-corrected chi connectivity index (χ3v) is 8.81. The zero-order valence-electron chi connectivity index (χ0n) is 25.6. The summed E-state index contributed by atoms with van der Waals surface area (Å²) in [6.07, 6.45) is -9.97. The van der Waals surface area contributed by atoms with Gasteiger partial charge in [0.2, 0.25) is 0 Å².